The van der Waals surface area contributed by atoms with E-state index in [4.69, 9.17) is 9.94 Å². The van der Waals surface area contributed by atoms with Crippen LogP contribution in [-0.4, -0.2) is 52.9 Å². The smallest absolute Gasteiger partial charge is 0.352 e. The zero-order valence-corrected chi connectivity index (χ0v) is 18.0. The Kier molecular flexibility index (Phi) is 6.30. The van der Waals surface area contributed by atoms with Gasteiger partial charge in [-0.05, 0) is 48.9 Å². The van der Waals surface area contributed by atoms with E-state index in [9.17, 15) is 18.4 Å². The number of nitrogens with zero attached hydrogens (tertiary/aromatic N) is 2. The molecule has 0 saturated carbocycles. The van der Waals surface area contributed by atoms with Gasteiger partial charge in [0.1, 0.15) is 11.6 Å². The van der Waals surface area contributed by atoms with Gasteiger partial charge in [-0.15, -0.1) is 0 Å². The first-order valence-electron chi connectivity index (χ1n) is 10.5. The number of rotatable bonds is 4. The third-order valence-electron chi connectivity index (χ3n) is 5.98. The lowest BCUT2D eigenvalue weighted by atomic mass is 9.91. The van der Waals surface area contributed by atoms with Crippen LogP contribution in [0.3, 0.4) is 0 Å². The molecule has 7 nitrogen and oxygen atoms in total. The second-order valence-electron chi connectivity index (χ2n) is 8.32. The summed E-state index contributed by atoms with van der Waals surface area (Å²) < 4.78 is 63.9. The van der Waals surface area contributed by atoms with Gasteiger partial charge < -0.3 is 20.2 Å². The second kappa shape index (κ2) is 9.05. The highest BCUT2D eigenvalue weighted by atomic mass is 19.3. The van der Waals surface area contributed by atoms with Gasteiger partial charge in [0.2, 0.25) is 0 Å². The fourth-order valence-electron chi connectivity index (χ4n) is 4.26. The zero-order chi connectivity index (χ0) is 24.6. The number of anilines is 1. The van der Waals surface area contributed by atoms with Gasteiger partial charge in [-0.1, -0.05) is 5.16 Å². The third-order valence-corrected chi connectivity index (χ3v) is 5.98. The molecule has 2 saturated heterocycles. The molecule has 2 aromatic rings. The lowest BCUT2D eigenvalue weighted by Crippen LogP contribution is -2.62. The van der Waals surface area contributed by atoms with E-state index in [0.717, 1.165) is 17.0 Å². The minimum atomic E-state index is -4.27. The number of hydrogen-bond acceptors (Lipinski definition) is 5. The molecule has 2 bridgehead atoms. The number of morpholine rings is 1. The molecule has 4 rings (SSSR count). The maximum absolute atomic E-state index is 15.3. The Hall–Kier alpha value is -3.47. The van der Waals surface area contributed by atoms with Gasteiger partial charge in [-0.25, -0.2) is 8.78 Å². The van der Waals surface area contributed by atoms with Gasteiger partial charge in [-0.3, -0.25) is 9.59 Å². The van der Waals surface area contributed by atoms with Crippen LogP contribution in [0.2, 0.25) is 0 Å². The molecule has 2 amide bonds. The summed E-state index contributed by atoms with van der Waals surface area (Å²) in [7, 11) is 0. The molecule has 2 aromatic carbocycles. The molecule has 2 N–H and O–H groups in total. The monoisotopic (exact) mass is 479 g/mol. The largest absolute Gasteiger partial charge is 0.411 e. The summed E-state index contributed by atoms with van der Waals surface area (Å²) in [5.41, 5.74) is -0.685. The van der Waals surface area contributed by atoms with Crippen LogP contribution in [0, 0.1) is 18.6 Å². The maximum atomic E-state index is 15.3. The highest BCUT2D eigenvalue weighted by molar-refractivity contribution is 6.04. The van der Waals surface area contributed by atoms with Gasteiger partial charge in [0.15, 0.2) is 0 Å². The quantitative estimate of drug-likeness (QED) is 0.396. The molecule has 0 aromatic heterocycles. The summed E-state index contributed by atoms with van der Waals surface area (Å²) in [6.45, 7) is 1.43. The summed E-state index contributed by atoms with van der Waals surface area (Å²) in [5.74, 6) is -8.54. The van der Waals surface area contributed by atoms with Crippen LogP contribution in [0.5, 0.6) is 0 Å². The Bertz CT molecular complexity index is 1150. The topological polar surface area (TPSA) is 91.2 Å². The number of fused-ring (bicyclic) bond motifs is 2. The number of halogens is 4. The SMILES string of the molecule is Cc1cc(NC(=O)c2ccc(F)c(C(F)(F)C(=O)N3C4COCC3CC(=NO)C4)c2)ccc1F. The lowest BCUT2D eigenvalue weighted by Gasteiger charge is -2.46. The van der Waals surface area contributed by atoms with Crippen molar-refractivity contribution in [3.8, 4) is 0 Å². The molecule has 2 aliphatic rings. The molecule has 0 spiro atoms. The minimum Gasteiger partial charge on any atom is -0.411 e. The van der Waals surface area contributed by atoms with Crippen molar-refractivity contribution in [3.63, 3.8) is 0 Å². The number of amides is 2. The van der Waals surface area contributed by atoms with Crippen molar-refractivity contribution in [2.24, 2.45) is 5.16 Å². The van der Waals surface area contributed by atoms with Crippen LogP contribution in [0.15, 0.2) is 41.6 Å². The van der Waals surface area contributed by atoms with Crippen molar-refractivity contribution in [2.45, 2.75) is 37.8 Å². The Morgan fingerprint density at radius 2 is 1.74 bits per heavy atom. The summed E-state index contributed by atoms with van der Waals surface area (Å²) in [4.78, 5) is 26.5. The molecule has 2 aliphatic heterocycles. The van der Waals surface area contributed by atoms with Gasteiger partial charge in [0.05, 0.1) is 36.6 Å². The molecular formula is C23H21F4N3O4. The van der Waals surface area contributed by atoms with E-state index in [0.29, 0.717) is 17.8 Å². The predicted octanol–water partition coefficient (Wildman–Crippen LogP) is 3.84. The van der Waals surface area contributed by atoms with Crippen LogP contribution in [0.25, 0.3) is 0 Å². The lowest BCUT2D eigenvalue weighted by molar-refractivity contribution is -0.174. The minimum absolute atomic E-state index is 0.0284. The molecule has 34 heavy (non-hydrogen) atoms. The normalized spacial score (nSPS) is 20.1. The Balaban J connectivity index is 1.60. The summed E-state index contributed by atoms with van der Waals surface area (Å²) in [5, 5.41) is 14.6. The summed E-state index contributed by atoms with van der Waals surface area (Å²) in [6, 6.07) is 4.56. The number of hydrogen-bond donors (Lipinski definition) is 2. The number of oxime groups is 1. The molecule has 2 unspecified atom stereocenters. The number of carbonyl (C=O) groups excluding carboxylic acids is 2. The van der Waals surface area contributed by atoms with Gasteiger partial charge in [0, 0.05) is 24.1 Å². The molecule has 2 atom stereocenters. The summed E-state index contributed by atoms with van der Waals surface area (Å²) in [6.07, 6.45) is 0.105. The molecule has 180 valence electrons. The predicted molar refractivity (Wildman–Crippen MR) is 113 cm³/mol. The van der Waals surface area contributed by atoms with Crippen LogP contribution in [-0.2, 0) is 15.5 Å². The fraction of sp³-hybridized carbons (Fsp3) is 0.348. The van der Waals surface area contributed by atoms with Crippen molar-refractivity contribution in [3.05, 3.63) is 64.7 Å². The number of ether oxygens (including phenoxy) is 1. The Morgan fingerprint density at radius 3 is 2.35 bits per heavy atom. The molecule has 11 heteroatoms. The van der Waals surface area contributed by atoms with E-state index < -0.39 is 47.0 Å². The number of piperidine rings is 1. The molecule has 2 heterocycles. The van der Waals surface area contributed by atoms with Crippen molar-refractivity contribution in [1.82, 2.24) is 4.90 Å². The molecule has 2 fully saturated rings. The van der Waals surface area contributed by atoms with E-state index in [-0.39, 0.29) is 42.9 Å². The van der Waals surface area contributed by atoms with E-state index in [1.165, 1.54) is 19.1 Å². The Labute approximate surface area is 192 Å². The first-order valence-corrected chi connectivity index (χ1v) is 10.5. The number of aryl methyl sites for hydroxylation is 1. The van der Waals surface area contributed by atoms with E-state index in [1.54, 1.807) is 0 Å². The first kappa shape index (κ1) is 23.7. The molecule has 0 aliphatic carbocycles. The van der Waals surface area contributed by atoms with Crippen molar-refractivity contribution in [2.75, 3.05) is 18.5 Å². The average molecular weight is 479 g/mol. The van der Waals surface area contributed by atoms with Crippen molar-refractivity contribution < 1.29 is 37.1 Å². The highest BCUT2D eigenvalue weighted by Crippen LogP contribution is 2.37. The third kappa shape index (κ3) is 4.35. The first-order chi connectivity index (χ1) is 16.1. The van der Waals surface area contributed by atoms with Crippen LogP contribution in [0.1, 0.15) is 34.3 Å². The number of alkyl halides is 2. The maximum Gasteiger partial charge on any atom is 0.352 e. The number of benzene rings is 2. The number of nitrogens with one attached hydrogen (secondary N) is 1. The van der Waals surface area contributed by atoms with Gasteiger partial charge >= 0.3 is 5.92 Å². The molecular weight excluding hydrogens is 458 g/mol. The van der Waals surface area contributed by atoms with Crippen LogP contribution < -0.4 is 5.32 Å². The summed E-state index contributed by atoms with van der Waals surface area (Å²) >= 11 is 0. The van der Waals surface area contributed by atoms with E-state index >= 15 is 8.78 Å². The molecule has 0 radical (unpaired) electrons. The van der Waals surface area contributed by atoms with Crippen LogP contribution in [0.4, 0.5) is 23.2 Å². The van der Waals surface area contributed by atoms with Crippen molar-refractivity contribution in [1.29, 1.82) is 0 Å². The Morgan fingerprint density at radius 1 is 1.09 bits per heavy atom. The van der Waals surface area contributed by atoms with E-state index in [1.807, 2.05) is 0 Å². The van der Waals surface area contributed by atoms with E-state index in [2.05, 4.69) is 10.5 Å². The second-order valence-corrected chi connectivity index (χ2v) is 8.32. The number of carbonyl (C=O) groups is 2. The van der Waals surface area contributed by atoms with Crippen molar-refractivity contribution >= 4 is 23.2 Å². The average Bonchev–Trinajstić information content (AvgIpc) is 2.80. The van der Waals surface area contributed by atoms with Gasteiger partial charge in [0.25, 0.3) is 11.8 Å². The standard InChI is InChI=1S/C23H21F4N3O4/c1-12-6-14(3-5-19(12)24)28-21(31)13-2-4-20(25)18(7-13)23(26,27)22(32)30-16-8-15(29-33)9-17(30)11-34-10-16/h2-7,16-17,33H,8-11H2,1H3,(H,28,31). The van der Waals surface area contributed by atoms with Gasteiger partial charge in [-0.2, -0.15) is 8.78 Å². The highest BCUT2D eigenvalue weighted by Gasteiger charge is 2.52. The zero-order valence-electron chi connectivity index (χ0n) is 18.0. The fourth-order valence-corrected chi connectivity index (χ4v) is 4.26. The van der Waals surface area contributed by atoms with Crippen LogP contribution >= 0.6 is 0 Å².